The molecule has 0 aromatic heterocycles. The largest absolute Gasteiger partial charge is 0.489 e. The van der Waals surface area contributed by atoms with E-state index in [2.05, 4.69) is 39.8 Å². The van der Waals surface area contributed by atoms with Crippen molar-refractivity contribution in [2.24, 2.45) is 5.92 Å². The van der Waals surface area contributed by atoms with E-state index in [1.165, 1.54) is 5.56 Å². The van der Waals surface area contributed by atoms with Crippen LogP contribution in [-0.4, -0.2) is 35.5 Å². The standard InChI is InChI=1S/C23H27N3O3/c1-23(21(27)24-22(28)25-23)19-11-13-26(14-12-19)15-17-7-9-20(10-8-17)29-16-18-5-3-2-4-6-18/h2-10,19H,11-16H2,1H3,(H2,24,25,27,28)/t23-/m0/s1. The summed E-state index contributed by atoms with van der Waals surface area (Å²) in [7, 11) is 0. The Morgan fingerprint density at radius 2 is 1.69 bits per heavy atom. The number of rotatable bonds is 6. The fourth-order valence-electron chi connectivity index (χ4n) is 4.20. The first-order valence-electron chi connectivity index (χ1n) is 10.1. The fourth-order valence-corrected chi connectivity index (χ4v) is 4.20. The van der Waals surface area contributed by atoms with Crippen LogP contribution < -0.4 is 15.4 Å². The average molecular weight is 393 g/mol. The highest BCUT2D eigenvalue weighted by molar-refractivity contribution is 6.06. The Hall–Kier alpha value is -2.86. The Morgan fingerprint density at radius 1 is 1.00 bits per heavy atom. The minimum atomic E-state index is -0.777. The van der Waals surface area contributed by atoms with Crippen molar-refractivity contribution in [3.05, 3.63) is 65.7 Å². The van der Waals surface area contributed by atoms with Gasteiger partial charge in [0.15, 0.2) is 0 Å². The molecule has 2 saturated heterocycles. The van der Waals surface area contributed by atoms with Crippen LogP contribution in [0.15, 0.2) is 54.6 Å². The Kier molecular flexibility index (Phi) is 5.53. The number of nitrogens with zero attached hydrogens (tertiary/aromatic N) is 1. The molecular formula is C23H27N3O3. The summed E-state index contributed by atoms with van der Waals surface area (Å²) < 4.78 is 5.85. The average Bonchev–Trinajstić information content (AvgIpc) is 3.01. The lowest BCUT2D eigenvalue weighted by Crippen LogP contribution is -2.53. The van der Waals surface area contributed by atoms with Crippen molar-refractivity contribution < 1.29 is 14.3 Å². The summed E-state index contributed by atoms with van der Waals surface area (Å²) in [6.45, 7) is 5.10. The van der Waals surface area contributed by atoms with Gasteiger partial charge in [0.25, 0.3) is 5.91 Å². The molecular weight excluding hydrogens is 366 g/mol. The number of benzene rings is 2. The second-order valence-corrected chi connectivity index (χ2v) is 8.08. The Bertz CT molecular complexity index is 861. The highest BCUT2D eigenvalue weighted by Gasteiger charge is 2.48. The van der Waals surface area contributed by atoms with Gasteiger partial charge in [0.2, 0.25) is 0 Å². The van der Waals surface area contributed by atoms with Crippen molar-refractivity contribution in [1.29, 1.82) is 0 Å². The number of amides is 3. The molecule has 4 rings (SSSR count). The van der Waals surface area contributed by atoms with E-state index in [4.69, 9.17) is 4.74 Å². The van der Waals surface area contributed by atoms with Crippen LogP contribution >= 0.6 is 0 Å². The van der Waals surface area contributed by atoms with Gasteiger partial charge in [-0.1, -0.05) is 42.5 Å². The second kappa shape index (κ2) is 8.25. The topological polar surface area (TPSA) is 70.7 Å². The lowest BCUT2D eigenvalue weighted by atomic mass is 9.79. The monoisotopic (exact) mass is 393 g/mol. The van der Waals surface area contributed by atoms with E-state index in [9.17, 15) is 9.59 Å². The van der Waals surface area contributed by atoms with Crippen molar-refractivity contribution in [2.75, 3.05) is 13.1 Å². The fraction of sp³-hybridized carbons (Fsp3) is 0.391. The molecule has 2 aromatic carbocycles. The number of carbonyl (C=O) groups is 2. The lowest BCUT2D eigenvalue weighted by Gasteiger charge is -2.38. The molecule has 0 spiro atoms. The normalized spacial score (nSPS) is 22.9. The maximum Gasteiger partial charge on any atom is 0.322 e. The van der Waals surface area contributed by atoms with Gasteiger partial charge in [0.1, 0.15) is 17.9 Å². The molecule has 0 unspecified atom stereocenters. The molecule has 6 nitrogen and oxygen atoms in total. The third-order valence-electron chi connectivity index (χ3n) is 6.05. The van der Waals surface area contributed by atoms with Gasteiger partial charge in [-0.2, -0.15) is 0 Å². The third-order valence-corrected chi connectivity index (χ3v) is 6.05. The smallest absolute Gasteiger partial charge is 0.322 e. The van der Waals surface area contributed by atoms with Gasteiger partial charge >= 0.3 is 6.03 Å². The van der Waals surface area contributed by atoms with Crippen LogP contribution in [0.1, 0.15) is 30.9 Å². The van der Waals surface area contributed by atoms with E-state index >= 15 is 0 Å². The number of carbonyl (C=O) groups excluding carboxylic acids is 2. The Balaban J connectivity index is 1.26. The highest BCUT2D eigenvalue weighted by atomic mass is 16.5. The number of urea groups is 1. The van der Waals surface area contributed by atoms with E-state index in [1.54, 1.807) is 0 Å². The second-order valence-electron chi connectivity index (χ2n) is 8.08. The third kappa shape index (κ3) is 4.43. The predicted octanol–water partition coefficient (Wildman–Crippen LogP) is 3.08. The number of ether oxygens (including phenoxy) is 1. The van der Waals surface area contributed by atoms with E-state index < -0.39 is 5.54 Å². The summed E-state index contributed by atoms with van der Waals surface area (Å²) in [5.41, 5.74) is 1.62. The molecule has 1 atom stereocenters. The molecule has 2 aliphatic rings. The van der Waals surface area contributed by atoms with Gasteiger partial charge in [-0.05, 0) is 62.0 Å². The quantitative estimate of drug-likeness (QED) is 0.740. The van der Waals surface area contributed by atoms with E-state index in [0.29, 0.717) is 6.61 Å². The van der Waals surface area contributed by atoms with Crippen molar-refractivity contribution in [3.63, 3.8) is 0 Å². The van der Waals surface area contributed by atoms with Crippen LogP contribution in [0, 0.1) is 5.92 Å². The minimum Gasteiger partial charge on any atom is -0.489 e. The number of imide groups is 1. The summed E-state index contributed by atoms with van der Waals surface area (Å²) in [5.74, 6) is 0.832. The highest BCUT2D eigenvalue weighted by Crippen LogP contribution is 2.31. The maximum absolute atomic E-state index is 12.1. The summed E-state index contributed by atoms with van der Waals surface area (Å²) in [6, 6.07) is 18.0. The maximum atomic E-state index is 12.1. The van der Waals surface area contributed by atoms with E-state index in [-0.39, 0.29) is 17.9 Å². The van der Waals surface area contributed by atoms with Crippen LogP contribution in [0.4, 0.5) is 4.79 Å². The number of nitrogens with one attached hydrogen (secondary N) is 2. The van der Waals surface area contributed by atoms with E-state index in [0.717, 1.165) is 43.8 Å². The van der Waals surface area contributed by atoms with Crippen molar-refractivity contribution in [3.8, 4) is 5.75 Å². The first kappa shape index (κ1) is 19.5. The van der Waals surface area contributed by atoms with Crippen molar-refractivity contribution >= 4 is 11.9 Å². The molecule has 3 amide bonds. The van der Waals surface area contributed by atoms with Gasteiger partial charge in [-0.3, -0.25) is 15.0 Å². The molecule has 0 bridgehead atoms. The first-order chi connectivity index (χ1) is 14.0. The molecule has 2 fully saturated rings. The molecule has 0 aliphatic carbocycles. The summed E-state index contributed by atoms with van der Waals surface area (Å²) in [4.78, 5) is 26.0. The molecule has 152 valence electrons. The molecule has 29 heavy (non-hydrogen) atoms. The number of hydrogen-bond acceptors (Lipinski definition) is 4. The van der Waals surface area contributed by atoms with Crippen LogP contribution in [0.3, 0.4) is 0 Å². The minimum absolute atomic E-state index is 0.166. The molecule has 0 radical (unpaired) electrons. The molecule has 6 heteroatoms. The number of piperidine rings is 1. The molecule has 2 aliphatic heterocycles. The van der Waals surface area contributed by atoms with Crippen LogP contribution in [0.2, 0.25) is 0 Å². The Labute approximate surface area is 171 Å². The van der Waals surface area contributed by atoms with Gasteiger partial charge in [-0.25, -0.2) is 4.79 Å². The lowest BCUT2D eigenvalue weighted by molar-refractivity contribution is -0.125. The van der Waals surface area contributed by atoms with Gasteiger partial charge in [0.05, 0.1) is 0 Å². The SMILES string of the molecule is C[C@@]1(C2CCN(Cc3ccc(OCc4ccccc4)cc3)CC2)NC(=O)NC1=O. The van der Waals surface area contributed by atoms with Crippen molar-refractivity contribution in [1.82, 2.24) is 15.5 Å². The summed E-state index contributed by atoms with van der Waals surface area (Å²) >= 11 is 0. The predicted molar refractivity (Wildman–Crippen MR) is 110 cm³/mol. The van der Waals surface area contributed by atoms with Crippen LogP contribution in [0.5, 0.6) is 5.75 Å². The van der Waals surface area contributed by atoms with Crippen LogP contribution in [0.25, 0.3) is 0 Å². The summed E-state index contributed by atoms with van der Waals surface area (Å²) in [6.07, 6.45) is 1.78. The molecule has 2 aromatic rings. The number of likely N-dealkylation sites (tertiary alicyclic amines) is 1. The van der Waals surface area contributed by atoms with Gasteiger partial charge in [-0.15, -0.1) is 0 Å². The zero-order chi connectivity index (χ0) is 20.3. The van der Waals surface area contributed by atoms with Gasteiger partial charge in [0, 0.05) is 6.54 Å². The Morgan fingerprint density at radius 3 is 2.31 bits per heavy atom. The first-order valence-corrected chi connectivity index (χ1v) is 10.1. The molecule has 2 N–H and O–H groups in total. The zero-order valence-corrected chi connectivity index (χ0v) is 16.7. The zero-order valence-electron chi connectivity index (χ0n) is 16.7. The van der Waals surface area contributed by atoms with E-state index in [1.807, 2.05) is 37.3 Å². The van der Waals surface area contributed by atoms with Crippen LogP contribution in [-0.2, 0) is 17.9 Å². The van der Waals surface area contributed by atoms with Crippen molar-refractivity contribution in [2.45, 2.75) is 38.5 Å². The summed E-state index contributed by atoms with van der Waals surface area (Å²) in [5, 5.41) is 5.18. The molecule has 2 heterocycles. The number of hydrogen-bond donors (Lipinski definition) is 2. The van der Waals surface area contributed by atoms with Gasteiger partial charge < -0.3 is 10.1 Å². The molecule has 0 saturated carbocycles.